The second kappa shape index (κ2) is 9.45. The lowest BCUT2D eigenvalue weighted by molar-refractivity contribution is -0.129. The molecule has 0 bridgehead atoms. The molecule has 2 N–H and O–H groups in total. The second-order valence-corrected chi connectivity index (χ2v) is 6.39. The first kappa shape index (κ1) is 19.5. The fourth-order valence-electron chi connectivity index (χ4n) is 1.62. The van der Waals surface area contributed by atoms with Gasteiger partial charge in [0.05, 0.1) is 17.8 Å². The molecule has 0 aliphatic carbocycles. The van der Waals surface area contributed by atoms with Crippen molar-refractivity contribution in [2.45, 2.75) is 58.7 Å². The van der Waals surface area contributed by atoms with Gasteiger partial charge in [-0.3, -0.25) is 4.79 Å². The highest BCUT2D eigenvalue weighted by Crippen LogP contribution is 2.19. The van der Waals surface area contributed by atoms with E-state index in [0.29, 0.717) is 6.61 Å². The van der Waals surface area contributed by atoms with Crippen molar-refractivity contribution >= 4 is 5.78 Å². The summed E-state index contributed by atoms with van der Waals surface area (Å²) in [6, 6.07) is 0. The summed E-state index contributed by atoms with van der Waals surface area (Å²) < 4.78 is 11.5. The smallest absolute Gasteiger partial charge is 0.155 e. The Kier molecular flexibility index (Phi) is 9.22. The molecule has 0 saturated heterocycles. The van der Waals surface area contributed by atoms with Gasteiger partial charge in [0.2, 0.25) is 0 Å². The average Bonchev–Trinajstić information content (AvgIpc) is 2.32. The third kappa shape index (κ3) is 11.3. The fourth-order valence-corrected chi connectivity index (χ4v) is 1.62. The number of hydrogen-bond acceptors (Lipinski definition) is 5. The highest BCUT2D eigenvalue weighted by molar-refractivity contribution is 5.76. The van der Waals surface area contributed by atoms with Crippen LogP contribution in [0, 0.1) is 0 Å². The topological polar surface area (TPSA) is 59.6 Å². The van der Waals surface area contributed by atoms with E-state index in [2.05, 4.69) is 24.5 Å². The van der Waals surface area contributed by atoms with E-state index in [1.807, 2.05) is 20.9 Å². The van der Waals surface area contributed by atoms with Gasteiger partial charge in [0.25, 0.3) is 0 Å². The second-order valence-electron chi connectivity index (χ2n) is 6.39. The number of carbonyl (C=O) groups excluding carboxylic acids is 1. The van der Waals surface area contributed by atoms with Gasteiger partial charge >= 0.3 is 0 Å². The first-order chi connectivity index (χ1) is 9.18. The molecule has 0 radical (unpaired) electrons. The minimum atomic E-state index is -0.327. The lowest BCUT2D eigenvalue weighted by Crippen LogP contribution is -2.35. The Bertz CT molecular complexity index is 278. The van der Waals surface area contributed by atoms with E-state index in [9.17, 15) is 4.79 Å². The van der Waals surface area contributed by atoms with Crippen molar-refractivity contribution in [3.05, 3.63) is 0 Å². The lowest BCUT2D eigenvalue weighted by atomic mass is 10.0. The SMILES string of the molecule is CNCNCCC(C)(C)OCCC(C)(C)OCC(C)=O. The van der Waals surface area contributed by atoms with Gasteiger partial charge in [-0.05, 0) is 61.1 Å². The van der Waals surface area contributed by atoms with Gasteiger partial charge in [0, 0.05) is 6.67 Å². The Morgan fingerprint density at radius 1 is 1.05 bits per heavy atom. The number of rotatable bonds is 12. The average molecular weight is 288 g/mol. The van der Waals surface area contributed by atoms with Crippen LogP contribution in [0.4, 0.5) is 0 Å². The zero-order valence-electron chi connectivity index (χ0n) is 14.0. The number of ether oxygens (including phenoxy) is 2. The van der Waals surface area contributed by atoms with E-state index >= 15 is 0 Å². The quantitative estimate of drug-likeness (QED) is 0.423. The molecule has 5 heteroatoms. The van der Waals surface area contributed by atoms with Gasteiger partial charge in [-0.25, -0.2) is 0 Å². The molecule has 0 aromatic rings. The summed E-state index contributed by atoms with van der Waals surface area (Å²) in [5, 5.41) is 6.32. The van der Waals surface area contributed by atoms with Crippen molar-refractivity contribution < 1.29 is 14.3 Å². The Morgan fingerprint density at radius 3 is 2.20 bits per heavy atom. The Hall–Kier alpha value is -0.490. The largest absolute Gasteiger partial charge is 0.375 e. The molecular formula is C15H32N2O3. The summed E-state index contributed by atoms with van der Waals surface area (Å²) in [5.74, 6) is 0.0509. The van der Waals surface area contributed by atoms with Crippen molar-refractivity contribution in [3.63, 3.8) is 0 Å². The van der Waals surface area contributed by atoms with Crippen LogP contribution >= 0.6 is 0 Å². The molecule has 0 aromatic carbocycles. The van der Waals surface area contributed by atoms with Gasteiger partial charge in [0.1, 0.15) is 6.61 Å². The van der Waals surface area contributed by atoms with E-state index in [4.69, 9.17) is 9.47 Å². The number of hydrogen-bond donors (Lipinski definition) is 2. The molecule has 0 unspecified atom stereocenters. The molecule has 0 aliphatic heterocycles. The predicted molar refractivity (Wildman–Crippen MR) is 81.9 cm³/mol. The van der Waals surface area contributed by atoms with Gasteiger partial charge in [0.15, 0.2) is 5.78 Å². The van der Waals surface area contributed by atoms with Crippen LogP contribution in [-0.2, 0) is 14.3 Å². The third-order valence-corrected chi connectivity index (χ3v) is 3.07. The van der Waals surface area contributed by atoms with E-state index in [0.717, 1.165) is 26.1 Å². The maximum absolute atomic E-state index is 10.9. The highest BCUT2D eigenvalue weighted by atomic mass is 16.5. The van der Waals surface area contributed by atoms with Crippen molar-refractivity contribution in [3.8, 4) is 0 Å². The summed E-state index contributed by atoms with van der Waals surface area (Å²) in [5.41, 5.74) is -0.483. The summed E-state index contributed by atoms with van der Waals surface area (Å²) in [6.07, 6.45) is 1.72. The Morgan fingerprint density at radius 2 is 1.65 bits per heavy atom. The van der Waals surface area contributed by atoms with E-state index in [1.165, 1.54) is 6.92 Å². The standard InChI is InChI=1S/C15H32N2O3/c1-13(18)11-20-15(4,5)8-10-19-14(2,3)7-9-17-12-16-6/h16-17H,7-12H2,1-6H3. The predicted octanol–water partition coefficient (Wildman–Crippen LogP) is 1.71. The van der Waals surface area contributed by atoms with Gasteiger partial charge in [-0.2, -0.15) is 0 Å². The van der Waals surface area contributed by atoms with Crippen LogP contribution in [0.25, 0.3) is 0 Å². The summed E-state index contributed by atoms with van der Waals surface area (Å²) in [6.45, 7) is 12.2. The number of carbonyl (C=O) groups is 1. The summed E-state index contributed by atoms with van der Waals surface area (Å²) in [4.78, 5) is 10.9. The molecule has 0 spiro atoms. The molecule has 0 fully saturated rings. The number of nitrogens with one attached hydrogen (secondary N) is 2. The van der Waals surface area contributed by atoms with E-state index < -0.39 is 0 Å². The van der Waals surface area contributed by atoms with Crippen molar-refractivity contribution in [1.82, 2.24) is 10.6 Å². The maximum atomic E-state index is 10.9. The van der Waals surface area contributed by atoms with Crippen LogP contribution in [0.2, 0.25) is 0 Å². The number of ketones is 1. The van der Waals surface area contributed by atoms with Crippen LogP contribution in [0.1, 0.15) is 47.5 Å². The molecule has 0 rings (SSSR count). The van der Waals surface area contributed by atoms with Crippen LogP contribution in [0.3, 0.4) is 0 Å². The molecule has 0 heterocycles. The monoisotopic (exact) mass is 288 g/mol. The Balaban J connectivity index is 3.86. The van der Waals surface area contributed by atoms with Gasteiger partial charge < -0.3 is 20.1 Å². The maximum Gasteiger partial charge on any atom is 0.155 e. The highest BCUT2D eigenvalue weighted by Gasteiger charge is 2.22. The fraction of sp³-hybridized carbons (Fsp3) is 0.933. The van der Waals surface area contributed by atoms with Gasteiger partial charge in [-0.15, -0.1) is 0 Å². The molecule has 120 valence electrons. The minimum absolute atomic E-state index is 0.0509. The van der Waals surface area contributed by atoms with Crippen LogP contribution in [0.15, 0.2) is 0 Å². The zero-order chi connectivity index (χ0) is 15.6. The normalized spacial score (nSPS) is 12.7. The summed E-state index contributed by atoms with van der Waals surface area (Å²) >= 11 is 0. The van der Waals surface area contributed by atoms with E-state index in [1.54, 1.807) is 0 Å². The van der Waals surface area contributed by atoms with Crippen LogP contribution in [0.5, 0.6) is 0 Å². The molecule has 0 amide bonds. The lowest BCUT2D eigenvalue weighted by Gasteiger charge is -2.29. The molecule has 0 aromatic heterocycles. The molecular weight excluding hydrogens is 256 g/mol. The number of Topliss-reactive ketones (excluding diaryl/α,β-unsaturated/α-hetero) is 1. The third-order valence-electron chi connectivity index (χ3n) is 3.07. The summed E-state index contributed by atoms with van der Waals surface area (Å²) in [7, 11) is 1.91. The molecule has 0 aliphatic rings. The van der Waals surface area contributed by atoms with Crippen LogP contribution < -0.4 is 10.6 Å². The molecule has 0 saturated carbocycles. The molecule has 0 atom stereocenters. The van der Waals surface area contributed by atoms with Gasteiger partial charge in [-0.1, -0.05) is 0 Å². The Labute approximate surface area is 123 Å². The van der Waals surface area contributed by atoms with Crippen LogP contribution in [-0.4, -0.2) is 50.5 Å². The molecule has 20 heavy (non-hydrogen) atoms. The first-order valence-corrected chi connectivity index (χ1v) is 7.31. The van der Waals surface area contributed by atoms with Crippen molar-refractivity contribution in [1.29, 1.82) is 0 Å². The van der Waals surface area contributed by atoms with Crippen molar-refractivity contribution in [2.24, 2.45) is 0 Å². The minimum Gasteiger partial charge on any atom is -0.375 e. The molecule has 5 nitrogen and oxygen atoms in total. The first-order valence-electron chi connectivity index (χ1n) is 7.31. The zero-order valence-corrected chi connectivity index (χ0v) is 14.0. The van der Waals surface area contributed by atoms with Crippen molar-refractivity contribution in [2.75, 3.05) is 33.5 Å². The van der Waals surface area contributed by atoms with E-state index in [-0.39, 0.29) is 23.6 Å².